The summed E-state index contributed by atoms with van der Waals surface area (Å²) < 4.78 is 1.80. The molecular formula is C15H19N3O2. The number of phenolic OH excluding ortho intramolecular Hbond substituents is 1. The number of carbonyl (C=O) groups excluding carboxylic acids is 1. The minimum absolute atomic E-state index is 0.0332. The van der Waals surface area contributed by atoms with Crippen LogP contribution in [0.15, 0.2) is 30.6 Å². The molecule has 0 bridgehead atoms. The molecular weight excluding hydrogens is 254 g/mol. The highest BCUT2D eigenvalue weighted by Crippen LogP contribution is 2.29. The van der Waals surface area contributed by atoms with Crippen molar-refractivity contribution < 1.29 is 9.90 Å². The van der Waals surface area contributed by atoms with E-state index in [1.165, 1.54) is 0 Å². The van der Waals surface area contributed by atoms with E-state index in [1.807, 2.05) is 19.2 Å². The molecule has 5 heteroatoms. The number of amides is 1. The molecule has 0 saturated carbocycles. The molecule has 5 nitrogen and oxygen atoms in total. The zero-order valence-corrected chi connectivity index (χ0v) is 12.0. The summed E-state index contributed by atoms with van der Waals surface area (Å²) in [5.41, 5.74) is 2.43. The van der Waals surface area contributed by atoms with Crippen LogP contribution in [0.5, 0.6) is 5.75 Å². The molecule has 1 N–H and O–H groups in total. The van der Waals surface area contributed by atoms with Crippen molar-refractivity contribution >= 4 is 5.91 Å². The Kier molecular flexibility index (Phi) is 4.08. The van der Waals surface area contributed by atoms with E-state index in [0.29, 0.717) is 12.0 Å². The topological polar surface area (TPSA) is 58.4 Å². The number of nitrogens with zero attached hydrogens (tertiary/aromatic N) is 3. The number of carbonyl (C=O) groups is 1. The van der Waals surface area contributed by atoms with Gasteiger partial charge in [-0.2, -0.15) is 5.10 Å². The minimum Gasteiger partial charge on any atom is -0.507 e. The van der Waals surface area contributed by atoms with Gasteiger partial charge in [-0.05, 0) is 24.6 Å². The predicted molar refractivity (Wildman–Crippen MR) is 77.4 cm³/mol. The van der Waals surface area contributed by atoms with Crippen LogP contribution in [0.2, 0.25) is 0 Å². The first-order valence-electron chi connectivity index (χ1n) is 6.56. The van der Waals surface area contributed by atoms with E-state index in [9.17, 15) is 9.90 Å². The van der Waals surface area contributed by atoms with Gasteiger partial charge in [0.25, 0.3) is 0 Å². The Labute approximate surface area is 118 Å². The molecule has 0 aliphatic heterocycles. The molecule has 106 valence electrons. The monoisotopic (exact) mass is 273 g/mol. The molecule has 1 heterocycles. The average Bonchev–Trinajstić information content (AvgIpc) is 2.89. The van der Waals surface area contributed by atoms with Gasteiger partial charge in [-0.1, -0.05) is 6.07 Å². The zero-order valence-electron chi connectivity index (χ0n) is 12.0. The number of likely N-dealkylation sites (N-methyl/N-ethyl adjacent to an activating group) is 1. The molecule has 2 aromatic rings. The van der Waals surface area contributed by atoms with Gasteiger partial charge >= 0.3 is 0 Å². The van der Waals surface area contributed by atoms with Crippen molar-refractivity contribution in [2.45, 2.75) is 19.9 Å². The summed E-state index contributed by atoms with van der Waals surface area (Å²) in [5, 5.41) is 14.2. The fourth-order valence-electron chi connectivity index (χ4n) is 1.93. The molecule has 0 aliphatic carbocycles. The first-order chi connectivity index (χ1) is 9.51. The van der Waals surface area contributed by atoms with E-state index in [4.69, 9.17) is 0 Å². The van der Waals surface area contributed by atoms with Crippen molar-refractivity contribution in [1.29, 1.82) is 0 Å². The van der Waals surface area contributed by atoms with E-state index in [2.05, 4.69) is 5.10 Å². The quantitative estimate of drug-likeness (QED) is 0.925. The molecule has 0 fully saturated rings. The molecule has 20 heavy (non-hydrogen) atoms. The van der Waals surface area contributed by atoms with Crippen LogP contribution in [0.3, 0.4) is 0 Å². The summed E-state index contributed by atoms with van der Waals surface area (Å²) in [7, 11) is 3.46. The Balaban J connectivity index is 2.31. The lowest BCUT2D eigenvalue weighted by Crippen LogP contribution is -2.23. The summed E-state index contributed by atoms with van der Waals surface area (Å²) in [6.45, 7) is 2.78. The van der Waals surface area contributed by atoms with Crippen LogP contribution in [-0.2, 0) is 17.8 Å². The van der Waals surface area contributed by atoms with Crippen LogP contribution in [-0.4, -0.2) is 39.8 Å². The third kappa shape index (κ3) is 2.99. The fourth-order valence-corrected chi connectivity index (χ4v) is 1.93. The highest BCUT2D eigenvalue weighted by atomic mass is 16.3. The number of phenols is 1. The maximum atomic E-state index is 11.7. The number of aromatic nitrogens is 2. The smallest absolute Gasteiger partial charge is 0.226 e. The molecule has 0 saturated heterocycles. The Hall–Kier alpha value is -2.30. The third-order valence-electron chi connectivity index (χ3n) is 3.18. The summed E-state index contributed by atoms with van der Waals surface area (Å²) in [4.78, 5) is 13.3. The lowest BCUT2D eigenvalue weighted by Gasteiger charge is -2.11. The van der Waals surface area contributed by atoms with Crippen LogP contribution in [0.4, 0.5) is 0 Å². The molecule has 1 amide bonds. The van der Waals surface area contributed by atoms with Crippen LogP contribution in [0.1, 0.15) is 12.5 Å². The molecule has 2 rings (SSSR count). The van der Waals surface area contributed by atoms with Gasteiger partial charge in [-0.3, -0.25) is 9.48 Å². The lowest BCUT2D eigenvalue weighted by molar-refractivity contribution is -0.127. The zero-order chi connectivity index (χ0) is 14.7. The van der Waals surface area contributed by atoms with Crippen LogP contribution < -0.4 is 0 Å². The second-order valence-electron chi connectivity index (χ2n) is 4.90. The maximum absolute atomic E-state index is 11.7. The number of hydrogen-bond acceptors (Lipinski definition) is 3. The number of rotatable bonds is 4. The van der Waals surface area contributed by atoms with E-state index >= 15 is 0 Å². The Morgan fingerprint density at radius 3 is 2.75 bits per heavy atom. The Bertz CT molecular complexity index is 617. The van der Waals surface area contributed by atoms with E-state index in [0.717, 1.165) is 17.7 Å². The van der Waals surface area contributed by atoms with Gasteiger partial charge in [-0.15, -0.1) is 0 Å². The number of aryl methyl sites for hydroxylation is 1. The first kappa shape index (κ1) is 14.1. The molecule has 1 aromatic carbocycles. The molecule has 0 unspecified atom stereocenters. The SMILES string of the molecule is CCn1cc(-c2cc(CC(=O)N(C)C)ccc2O)cn1. The van der Waals surface area contributed by atoms with Crippen LogP contribution in [0.25, 0.3) is 11.1 Å². The van der Waals surface area contributed by atoms with Crippen molar-refractivity contribution in [3.8, 4) is 16.9 Å². The summed E-state index contributed by atoms with van der Waals surface area (Å²) in [6.07, 6.45) is 3.92. The normalized spacial score (nSPS) is 10.6. The second-order valence-corrected chi connectivity index (χ2v) is 4.90. The third-order valence-corrected chi connectivity index (χ3v) is 3.18. The van der Waals surface area contributed by atoms with Gasteiger partial charge in [-0.25, -0.2) is 0 Å². The molecule has 0 atom stereocenters. The molecule has 0 spiro atoms. The first-order valence-corrected chi connectivity index (χ1v) is 6.56. The lowest BCUT2D eigenvalue weighted by atomic mass is 10.0. The fraction of sp³-hybridized carbons (Fsp3) is 0.333. The van der Waals surface area contributed by atoms with Crippen molar-refractivity contribution in [3.05, 3.63) is 36.2 Å². The largest absolute Gasteiger partial charge is 0.507 e. The van der Waals surface area contributed by atoms with Crippen molar-refractivity contribution in [3.63, 3.8) is 0 Å². The van der Waals surface area contributed by atoms with Crippen molar-refractivity contribution in [1.82, 2.24) is 14.7 Å². The Morgan fingerprint density at radius 1 is 1.40 bits per heavy atom. The number of hydrogen-bond donors (Lipinski definition) is 1. The van der Waals surface area contributed by atoms with Gasteiger partial charge in [0.2, 0.25) is 5.91 Å². The second kappa shape index (κ2) is 5.77. The standard InChI is InChI=1S/C15H19N3O2/c1-4-18-10-12(9-16-18)13-7-11(5-6-14(13)19)8-15(20)17(2)3/h5-7,9-10,19H,4,8H2,1-3H3. The summed E-state index contributed by atoms with van der Waals surface area (Å²) in [5.74, 6) is 0.229. The minimum atomic E-state index is 0.0332. The number of benzene rings is 1. The highest BCUT2D eigenvalue weighted by molar-refractivity contribution is 5.79. The van der Waals surface area contributed by atoms with Gasteiger partial charge in [0.15, 0.2) is 0 Å². The summed E-state index contributed by atoms with van der Waals surface area (Å²) >= 11 is 0. The highest BCUT2D eigenvalue weighted by Gasteiger charge is 2.11. The number of aromatic hydroxyl groups is 1. The Morgan fingerprint density at radius 2 is 2.15 bits per heavy atom. The summed E-state index contributed by atoms with van der Waals surface area (Å²) in [6, 6.07) is 5.23. The maximum Gasteiger partial charge on any atom is 0.226 e. The van der Waals surface area contributed by atoms with Crippen molar-refractivity contribution in [2.24, 2.45) is 0 Å². The van der Waals surface area contributed by atoms with E-state index in [-0.39, 0.29) is 11.7 Å². The van der Waals surface area contributed by atoms with Crippen LogP contribution >= 0.6 is 0 Å². The predicted octanol–water partition coefficient (Wildman–Crippen LogP) is 1.91. The van der Waals surface area contributed by atoms with Crippen molar-refractivity contribution in [2.75, 3.05) is 14.1 Å². The van der Waals surface area contributed by atoms with Gasteiger partial charge in [0.05, 0.1) is 12.6 Å². The van der Waals surface area contributed by atoms with Gasteiger partial charge in [0.1, 0.15) is 5.75 Å². The molecule has 0 radical (unpaired) electrons. The van der Waals surface area contributed by atoms with E-state index in [1.54, 1.807) is 42.0 Å². The van der Waals surface area contributed by atoms with Gasteiger partial charge < -0.3 is 10.0 Å². The van der Waals surface area contributed by atoms with Gasteiger partial charge in [0, 0.05) is 38.0 Å². The molecule has 1 aromatic heterocycles. The molecule has 0 aliphatic rings. The average molecular weight is 273 g/mol. The van der Waals surface area contributed by atoms with E-state index < -0.39 is 0 Å². The van der Waals surface area contributed by atoms with Crippen LogP contribution in [0, 0.1) is 0 Å².